The van der Waals surface area contributed by atoms with Crippen LogP contribution in [0.25, 0.3) is 11.5 Å². The van der Waals surface area contributed by atoms with Gasteiger partial charge in [0.2, 0.25) is 11.8 Å². The molecule has 0 unspecified atom stereocenters. The average molecular weight is 314 g/mol. The zero-order valence-corrected chi connectivity index (χ0v) is 13.2. The molecule has 0 aliphatic heterocycles. The lowest BCUT2D eigenvalue weighted by atomic mass is 10.1. The van der Waals surface area contributed by atoms with Crippen molar-refractivity contribution in [1.29, 1.82) is 0 Å². The van der Waals surface area contributed by atoms with E-state index >= 15 is 0 Å². The molecule has 0 saturated heterocycles. The molecule has 112 valence electrons. The fraction of sp³-hybridized carbons (Fsp3) is 0.176. The van der Waals surface area contributed by atoms with E-state index in [4.69, 9.17) is 16.0 Å². The maximum atomic E-state index is 6.13. The maximum Gasteiger partial charge on any atom is 0.249 e. The van der Waals surface area contributed by atoms with Gasteiger partial charge < -0.3 is 9.73 Å². The summed E-state index contributed by atoms with van der Waals surface area (Å²) in [7, 11) is 0. The minimum Gasteiger partial charge on any atom is -0.419 e. The number of hydrogen-bond donors (Lipinski definition) is 1. The molecule has 1 aromatic heterocycles. The highest BCUT2D eigenvalue weighted by atomic mass is 35.5. The van der Waals surface area contributed by atoms with Gasteiger partial charge in [0.15, 0.2) is 0 Å². The Balaban J connectivity index is 1.74. The molecule has 0 saturated carbocycles. The first-order chi connectivity index (χ1) is 10.6. The van der Waals surface area contributed by atoms with E-state index in [2.05, 4.69) is 47.6 Å². The van der Waals surface area contributed by atoms with E-state index in [1.807, 2.05) is 18.2 Å². The van der Waals surface area contributed by atoms with Gasteiger partial charge in [-0.1, -0.05) is 41.4 Å². The van der Waals surface area contributed by atoms with Crippen molar-refractivity contribution in [2.24, 2.45) is 0 Å². The van der Waals surface area contributed by atoms with Gasteiger partial charge in [-0.2, -0.15) is 0 Å². The summed E-state index contributed by atoms with van der Waals surface area (Å²) < 4.78 is 5.67. The highest BCUT2D eigenvalue weighted by molar-refractivity contribution is 6.33. The molecule has 0 radical (unpaired) electrons. The second-order valence-electron chi connectivity index (χ2n) is 5.15. The van der Waals surface area contributed by atoms with Crippen LogP contribution < -0.4 is 5.32 Å². The van der Waals surface area contributed by atoms with E-state index in [-0.39, 0.29) is 0 Å². The third-order valence-corrected chi connectivity index (χ3v) is 3.71. The predicted molar refractivity (Wildman–Crippen MR) is 88.0 cm³/mol. The topological polar surface area (TPSA) is 51.0 Å². The molecule has 0 aliphatic rings. The molecule has 1 N–H and O–H groups in total. The van der Waals surface area contributed by atoms with Crippen LogP contribution in [0.5, 0.6) is 0 Å². The average Bonchev–Trinajstić information content (AvgIpc) is 2.95. The number of halogens is 1. The van der Waals surface area contributed by atoms with E-state index in [0.717, 1.165) is 11.3 Å². The lowest BCUT2D eigenvalue weighted by Gasteiger charge is -2.08. The SMILES string of the molecule is Cc1ccc(NCc2nnc(-c3ccccc3Cl)o2)c(C)c1. The second kappa shape index (κ2) is 6.20. The monoisotopic (exact) mass is 313 g/mol. The van der Waals surface area contributed by atoms with Crippen LogP contribution in [0.2, 0.25) is 5.02 Å². The summed E-state index contributed by atoms with van der Waals surface area (Å²) >= 11 is 6.13. The van der Waals surface area contributed by atoms with E-state index in [0.29, 0.717) is 23.3 Å². The van der Waals surface area contributed by atoms with Gasteiger partial charge in [0, 0.05) is 5.69 Å². The molecule has 0 fully saturated rings. The molecule has 0 spiro atoms. The van der Waals surface area contributed by atoms with Crippen molar-refractivity contribution < 1.29 is 4.42 Å². The number of nitrogens with zero attached hydrogens (tertiary/aromatic N) is 2. The summed E-state index contributed by atoms with van der Waals surface area (Å²) in [5, 5.41) is 12.0. The van der Waals surface area contributed by atoms with Crippen LogP contribution in [0, 0.1) is 13.8 Å². The zero-order chi connectivity index (χ0) is 15.5. The van der Waals surface area contributed by atoms with Crippen molar-refractivity contribution in [3.63, 3.8) is 0 Å². The van der Waals surface area contributed by atoms with Crippen LogP contribution >= 0.6 is 11.6 Å². The minimum absolute atomic E-state index is 0.433. The molecule has 4 nitrogen and oxygen atoms in total. The van der Waals surface area contributed by atoms with Crippen LogP contribution in [0.1, 0.15) is 17.0 Å². The van der Waals surface area contributed by atoms with Crippen LogP contribution in [0.3, 0.4) is 0 Å². The van der Waals surface area contributed by atoms with E-state index in [1.54, 1.807) is 6.07 Å². The predicted octanol–water partition coefficient (Wildman–Crippen LogP) is 4.62. The number of nitrogens with one attached hydrogen (secondary N) is 1. The first kappa shape index (κ1) is 14.6. The number of aryl methyl sites for hydroxylation is 2. The first-order valence-electron chi connectivity index (χ1n) is 7.02. The van der Waals surface area contributed by atoms with Gasteiger partial charge in [0.1, 0.15) is 0 Å². The summed E-state index contributed by atoms with van der Waals surface area (Å²) in [6.45, 7) is 4.62. The maximum absolute atomic E-state index is 6.13. The molecule has 5 heteroatoms. The van der Waals surface area contributed by atoms with Gasteiger partial charge in [0.25, 0.3) is 0 Å². The van der Waals surface area contributed by atoms with Gasteiger partial charge in [-0.3, -0.25) is 0 Å². The number of hydrogen-bond acceptors (Lipinski definition) is 4. The number of aromatic nitrogens is 2. The third-order valence-electron chi connectivity index (χ3n) is 3.38. The Morgan fingerprint density at radius 3 is 2.68 bits per heavy atom. The highest BCUT2D eigenvalue weighted by Gasteiger charge is 2.11. The van der Waals surface area contributed by atoms with E-state index in [9.17, 15) is 0 Å². The quantitative estimate of drug-likeness (QED) is 0.763. The molecule has 0 bridgehead atoms. The lowest BCUT2D eigenvalue weighted by molar-refractivity contribution is 0.515. The second-order valence-corrected chi connectivity index (χ2v) is 5.56. The molecule has 3 rings (SSSR count). The van der Waals surface area contributed by atoms with Crippen molar-refractivity contribution in [2.75, 3.05) is 5.32 Å². The Labute approximate surface area is 134 Å². The first-order valence-corrected chi connectivity index (χ1v) is 7.39. The summed E-state index contributed by atoms with van der Waals surface area (Å²) in [4.78, 5) is 0. The summed E-state index contributed by atoms with van der Waals surface area (Å²) in [6.07, 6.45) is 0. The molecule has 1 heterocycles. The van der Waals surface area contributed by atoms with Crippen molar-refractivity contribution in [2.45, 2.75) is 20.4 Å². The molecule has 0 atom stereocenters. The summed E-state index contributed by atoms with van der Waals surface area (Å²) in [6, 6.07) is 13.7. The van der Waals surface area contributed by atoms with Gasteiger partial charge >= 0.3 is 0 Å². The van der Waals surface area contributed by atoms with Crippen LogP contribution in [0.15, 0.2) is 46.9 Å². The van der Waals surface area contributed by atoms with Crippen molar-refractivity contribution >= 4 is 17.3 Å². The van der Waals surface area contributed by atoms with Gasteiger partial charge in [0.05, 0.1) is 17.1 Å². The van der Waals surface area contributed by atoms with Gasteiger partial charge in [-0.05, 0) is 37.6 Å². The summed E-state index contributed by atoms with van der Waals surface area (Å²) in [5.74, 6) is 0.956. The number of anilines is 1. The molecule has 2 aromatic carbocycles. The third kappa shape index (κ3) is 3.12. The Kier molecular flexibility index (Phi) is 4.11. The smallest absolute Gasteiger partial charge is 0.249 e. The van der Waals surface area contributed by atoms with E-state index < -0.39 is 0 Å². The Bertz CT molecular complexity index is 798. The van der Waals surface area contributed by atoms with Crippen molar-refractivity contribution in [1.82, 2.24) is 10.2 Å². The van der Waals surface area contributed by atoms with E-state index in [1.165, 1.54) is 11.1 Å². The van der Waals surface area contributed by atoms with Crippen molar-refractivity contribution in [3.8, 4) is 11.5 Å². The van der Waals surface area contributed by atoms with Crippen molar-refractivity contribution in [3.05, 3.63) is 64.5 Å². The largest absolute Gasteiger partial charge is 0.419 e. The Morgan fingerprint density at radius 2 is 1.91 bits per heavy atom. The fourth-order valence-electron chi connectivity index (χ4n) is 2.25. The molecule has 22 heavy (non-hydrogen) atoms. The number of benzene rings is 2. The number of rotatable bonds is 4. The minimum atomic E-state index is 0.433. The fourth-order valence-corrected chi connectivity index (χ4v) is 2.47. The molecule has 0 aliphatic carbocycles. The van der Waals surface area contributed by atoms with Crippen LogP contribution in [-0.2, 0) is 6.54 Å². The zero-order valence-electron chi connectivity index (χ0n) is 12.4. The summed E-state index contributed by atoms with van der Waals surface area (Å²) in [5.41, 5.74) is 4.23. The molecule has 0 amide bonds. The van der Waals surface area contributed by atoms with Crippen LogP contribution in [-0.4, -0.2) is 10.2 Å². The van der Waals surface area contributed by atoms with Crippen LogP contribution in [0.4, 0.5) is 5.69 Å². The Morgan fingerprint density at radius 1 is 1.09 bits per heavy atom. The van der Waals surface area contributed by atoms with Gasteiger partial charge in [-0.25, -0.2) is 0 Å². The highest BCUT2D eigenvalue weighted by Crippen LogP contribution is 2.26. The standard InChI is InChI=1S/C17H16ClN3O/c1-11-7-8-15(12(2)9-11)19-10-16-20-21-17(22-16)13-5-3-4-6-14(13)18/h3-9,19H,10H2,1-2H3. The normalized spacial score (nSPS) is 10.7. The van der Waals surface area contributed by atoms with Gasteiger partial charge in [-0.15, -0.1) is 10.2 Å². The molecular weight excluding hydrogens is 298 g/mol. The lowest BCUT2D eigenvalue weighted by Crippen LogP contribution is -2.01. The molecule has 3 aromatic rings. The molecular formula is C17H16ClN3O. The Hall–Kier alpha value is -2.33.